The van der Waals surface area contributed by atoms with E-state index in [0.717, 1.165) is 13.0 Å². The van der Waals surface area contributed by atoms with Crippen molar-refractivity contribution in [3.05, 3.63) is 24.3 Å². The third-order valence-corrected chi connectivity index (χ3v) is 4.41. The van der Waals surface area contributed by atoms with Crippen molar-refractivity contribution in [1.82, 2.24) is 4.72 Å². The summed E-state index contributed by atoms with van der Waals surface area (Å²) < 4.78 is 37.5. The second-order valence-corrected chi connectivity index (χ2v) is 6.32. The first kappa shape index (κ1) is 17.9. The third-order valence-electron chi connectivity index (χ3n) is 2.93. The highest BCUT2D eigenvalue weighted by atomic mass is 32.2. The van der Waals surface area contributed by atoms with Crippen LogP contribution in [0.15, 0.2) is 29.2 Å². The zero-order valence-electron chi connectivity index (χ0n) is 12.8. The minimum absolute atomic E-state index is 0.161. The van der Waals surface area contributed by atoms with Crippen LogP contribution in [0, 0.1) is 0 Å². The molecule has 0 heterocycles. The number of anilines is 1. The first-order chi connectivity index (χ1) is 10.0. The molecule has 0 aromatic heterocycles. The van der Waals surface area contributed by atoms with Crippen LogP contribution < -0.4 is 10.0 Å². The predicted octanol–water partition coefficient (Wildman–Crippen LogP) is 1.45. The van der Waals surface area contributed by atoms with Gasteiger partial charge in [0, 0.05) is 27.3 Å². The maximum atomic E-state index is 12.4. The highest BCUT2D eigenvalue weighted by Crippen LogP contribution is 2.20. The third kappa shape index (κ3) is 5.62. The van der Waals surface area contributed by atoms with Gasteiger partial charge in [0.1, 0.15) is 4.90 Å². The van der Waals surface area contributed by atoms with Crippen LogP contribution in [0.25, 0.3) is 0 Å². The van der Waals surface area contributed by atoms with E-state index >= 15 is 0 Å². The maximum absolute atomic E-state index is 12.4. The van der Waals surface area contributed by atoms with Crippen LogP contribution in [0.3, 0.4) is 0 Å². The molecular weight excluding hydrogens is 292 g/mol. The molecule has 1 aromatic carbocycles. The van der Waals surface area contributed by atoms with Gasteiger partial charge in [0.2, 0.25) is 10.0 Å². The quantitative estimate of drug-likeness (QED) is 0.683. The summed E-state index contributed by atoms with van der Waals surface area (Å²) in [6, 6.07) is 6.85. The van der Waals surface area contributed by atoms with Crippen LogP contribution in [0.5, 0.6) is 0 Å². The SMILES string of the molecule is CCCNc1ccccc1S(=O)(=O)NCC(COC)OC. The van der Waals surface area contributed by atoms with Crippen molar-refractivity contribution in [2.24, 2.45) is 0 Å². The molecule has 0 fully saturated rings. The summed E-state index contributed by atoms with van der Waals surface area (Å²) in [6.45, 7) is 3.23. The fraction of sp³-hybridized carbons (Fsp3) is 0.571. The molecule has 0 aliphatic heterocycles. The van der Waals surface area contributed by atoms with Gasteiger partial charge >= 0.3 is 0 Å². The standard InChI is InChI=1S/C14H24N2O4S/c1-4-9-15-13-7-5-6-8-14(13)21(17,18)16-10-12(20-3)11-19-2/h5-8,12,15-16H,4,9-11H2,1-3H3. The first-order valence-electron chi connectivity index (χ1n) is 6.89. The van der Waals surface area contributed by atoms with Crippen molar-refractivity contribution in [1.29, 1.82) is 0 Å². The Balaban J connectivity index is 2.82. The number of para-hydroxylation sites is 1. The van der Waals surface area contributed by atoms with Crippen LogP contribution in [0.1, 0.15) is 13.3 Å². The largest absolute Gasteiger partial charge is 0.384 e. The molecule has 6 nitrogen and oxygen atoms in total. The van der Waals surface area contributed by atoms with E-state index in [1.54, 1.807) is 31.4 Å². The number of nitrogens with one attached hydrogen (secondary N) is 2. The number of rotatable bonds is 10. The average Bonchev–Trinajstić information content (AvgIpc) is 2.49. The molecule has 0 saturated heterocycles. The molecule has 0 bridgehead atoms. The Bertz CT molecular complexity index is 519. The molecular formula is C14H24N2O4S. The van der Waals surface area contributed by atoms with Crippen LogP contribution in [0.4, 0.5) is 5.69 Å². The fourth-order valence-corrected chi connectivity index (χ4v) is 3.03. The van der Waals surface area contributed by atoms with Gasteiger partial charge in [-0.2, -0.15) is 0 Å². The first-order valence-corrected chi connectivity index (χ1v) is 8.37. The molecule has 0 spiro atoms. The van der Waals surface area contributed by atoms with E-state index in [-0.39, 0.29) is 17.5 Å². The lowest BCUT2D eigenvalue weighted by Crippen LogP contribution is -2.35. The van der Waals surface area contributed by atoms with Crippen molar-refractivity contribution in [2.75, 3.05) is 39.2 Å². The number of benzene rings is 1. The van der Waals surface area contributed by atoms with Gasteiger partial charge in [0.05, 0.1) is 18.4 Å². The van der Waals surface area contributed by atoms with Gasteiger partial charge in [0.25, 0.3) is 0 Å². The molecule has 120 valence electrons. The molecule has 1 atom stereocenters. The van der Waals surface area contributed by atoms with Crippen LogP contribution in [-0.2, 0) is 19.5 Å². The molecule has 1 unspecified atom stereocenters. The van der Waals surface area contributed by atoms with Crippen LogP contribution >= 0.6 is 0 Å². The highest BCUT2D eigenvalue weighted by Gasteiger charge is 2.19. The van der Waals surface area contributed by atoms with Crippen molar-refractivity contribution >= 4 is 15.7 Å². The number of methoxy groups -OCH3 is 2. The van der Waals surface area contributed by atoms with E-state index < -0.39 is 10.0 Å². The predicted molar refractivity (Wildman–Crippen MR) is 83.1 cm³/mol. The minimum atomic E-state index is -3.59. The molecule has 1 rings (SSSR count). The van der Waals surface area contributed by atoms with Crippen molar-refractivity contribution in [3.8, 4) is 0 Å². The van der Waals surface area contributed by atoms with Crippen molar-refractivity contribution in [3.63, 3.8) is 0 Å². The van der Waals surface area contributed by atoms with E-state index in [1.165, 1.54) is 7.11 Å². The van der Waals surface area contributed by atoms with E-state index in [1.807, 2.05) is 6.92 Å². The Morgan fingerprint density at radius 2 is 1.95 bits per heavy atom. The van der Waals surface area contributed by atoms with Gasteiger partial charge in [-0.3, -0.25) is 0 Å². The lowest BCUT2D eigenvalue weighted by Gasteiger charge is -2.17. The van der Waals surface area contributed by atoms with Crippen molar-refractivity contribution in [2.45, 2.75) is 24.3 Å². The Hall–Kier alpha value is -1.15. The fourth-order valence-electron chi connectivity index (χ4n) is 1.78. The van der Waals surface area contributed by atoms with Gasteiger partial charge in [-0.05, 0) is 18.6 Å². The molecule has 0 saturated carbocycles. The van der Waals surface area contributed by atoms with Crippen LogP contribution in [0.2, 0.25) is 0 Å². The molecule has 0 aliphatic rings. The molecule has 0 aliphatic carbocycles. The zero-order chi connectivity index (χ0) is 15.7. The smallest absolute Gasteiger partial charge is 0.242 e. The number of hydrogen-bond acceptors (Lipinski definition) is 5. The molecule has 1 aromatic rings. The van der Waals surface area contributed by atoms with Gasteiger partial charge in [0.15, 0.2) is 0 Å². The number of sulfonamides is 1. The monoisotopic (exact) mass is 316 g/mol. The van der Waals surface area contributed by atoms with Gasteiger partial charge in [-0.15, -0.1) is 0 Å². The summed E-state index contributed by atoms with van der Waals surface area (Å²) in [7, 11) is -0.524. The second-order valence-electron chi connectivity index (χ2n) is 4.59. The lowest BCUT2D eigenvalue weighted by atomic mass is 10.3. The Morgan fingerprint density at radius 1 is 1.24 bits per heavy atom. The topological polar surface area (TPSA) is 76.7 Å². The summed E-state index contributed by atoms with van der Waals surface area (Å²) in [4.78, 5) is 0.241. The van der Waals surface area contributed by atoms with E-state index in [9.17, 15) is 8.42 Å². The minimum Gasteiger partial charge on any atom is -0.384 e. The van der Waals surface area contributed by atoms with Gasteiger partial charge in [-0.25, -0.2) is 13.1 Å². The van der Waals surface area contributed by atoms with Crippen LogP contribution in [-0.4, -0.2) is 48.4 Å². The summed E-state index contributed by atoms with van der Waals surface area (Å²) >= 11 is 0. The second kappa shape index (κ2) is 8.99. The van der Waals surface area contributed by atoms with E-state index in [0.29, 0.717) is 12.3 Å². The Kier molecular flexibility index (Phi) is 7.66. The zero-order valence-corrected chi connectivity index (χ0v) is 13.6. The summed E-state index contributed by atoms with van der Waals surface area (Å²) in [5.74, 6) is 0. The summed E-state index contributed by atoms with van der Waals surface area (Å²) in [5, 5.41) is 3.12. The molecule has 7 heteroatoms. The lowest BCUT2D eigenvalue weighted by molar-refractivity contribution is 0.0320. The molecule has 21 heavy (non-hydrogen) atoms. The van der Waals surface area contributed by atoms with E-state index in [2.05, 4.69) is 10.0 Å². The summed E-state index contributed by atoms with van der Waals surface area (Å²) in [5.41, 5.74) is 0.604. The maximum Gasteiger partial charge on any atom is 0.242 e. The Morgan fingerprint density at radius 3 is 2.57 bits per heavy atom. The van der Waals surface area contributed by atoms with Gasteiger partial charge < -0.3 is 14.8 Å². The van der Waals surface area contributed by atoms with E-state index in [4.69, 9.17) is 9.47 Å². The average molecular weight is 316 g/mol. The van der Waals surface area contributed by atoms with Gasteiger partial charge in [-0.1, -0.05) is 19.1 Å². The van der Waals surface area contributed by atoms with Crippen molar-refractivity contribution < 1.29 is 17.9 Å². The summed E-state index contributed by atoms with van der Waals surface area (Å²) in [6.07, 6.45) is 0.599. The molecule has 2 N–H and O–H groups in total. The molecule has 0 radical (unpaired) electrons. The number of hydrogen-bond donors (Lipinski definition) is 2. The Labute approximate surface area is 126 Å². The normalized spacial score (nSPS) is 13.1. The highest BCUT2D eigenvalue weighted by molar-refractivity contribution is 7.89. The molecule has 0 amide bonds. The number of ether oxygens (including phenoxy) is 2.